The Balaban J connectivity index is 1.73. The maximum Gasteiger partial charge on any atom is 0.338 e. The topological polar surface area (TPSA) is 78.4 Å². The van der Waals surface area contributed by atoms with Crippen molar-refractivity contribution in [2.45, 2.75) is 0 Å². The van der Waals surface area contributed by atoms with Crippen LogP contribution in [0.1, 0.15) is 10.4 Å². The monoisotopic (exact) mass is 318 g/mol. The summed E-state index contributed by atoms with van der Waals surface area (Å²) in [6.45, 7) is 0. The number of hydrogen-bond donors (Lipinski definition) is 3. The molecule has 106 valence electrons. The summed E-state index contributed by atoms with van der Waals surface area (Å²) in [5.74, 6) is -1.06. The van der Waals surface area contributed by atoms with E-state index in [0.29, 0.717) is 10.7 Å². The van der Waals surface area contributed by atoms with Crippen LogP contribution in [0.3, 0.4) is 0 Å². The minimum Gasteiger partial charge on any atom is -0.478 e. The Kier molecular flexibility index (Phi) is 3.59. The summed E-state index contributed by atoms with van der Waals surface area (Å²) >= 11 is 2.80. The van der Waals surface area contributed by atoms with Crippen LogP contribution >= 0.6 is 22.7 Å². The lowest BCUT2D eigenvalue weighted by molar-refractivity contribution is 0.0698. The predicted octanol–water partition coefficient (Wildman–Crippen LogP) is 4.31. The minimum atomic E-state index is -1.06. The highest BCUT2D eigenvalue weighted by Gasteiger charge is 2.13. The molecule has 0 unspecified atom stereocenters. The zero-order valence-corrected chi connectivity index (χ0v) is 12.3. The minimum absolute atomic E-state index is 0.0865. The van der Waals surface area contributed by atoms with E-state index in [-0.39, 0.29) is 5.56 Å². The van der Waals surface area contributed by atoms with E-state index in [1.807, 2.05) is 29.6 Å². The molecule has 3 N–H and O–H groups in total. The van der Waals surface area contributed by atoms with Crippen molar-refractivity contribution in [2.75, 3.05) is 10.6 Å². The zero-order valence-electron chi connectivity index (χ0n) is 10.6. The number of carbonyl (C=O) groups is 2. The van der Waals surface area contributed by atoms with Crippen molar-refractivity contribution in [1.82, 2.24) is 0 Å². The van der Waals surface area contributed by atoms with E-state index in [0.717, 1.165) is 10.1 Å². The highest BCUT2D eigenvalue weighted by Crippen LogP contribution is 2.25. The molecule has 1 aromatic carbocycles. The van der Waals surface area contributed by atoms with Gasteiger partial charge in [0, 0.05) is 10.4 Å². The van der Waals surface area contributed by atoms with Gasteiger partial charge in [-0.05, 0) is 46.5 Å². The number of fused-ring (bicyclic) bond motifs is 1. The number of carboxylic acids is 1. The lowest BCUT2D eigenvalue weighted by Crippen LogP contribution is -2.19. The molecule has 0 bridgehead atoms. The summed E-state index contributed by atoms with van der Waals surface area (Å²) in [4.78, 5) is 22.9. The van der Waals surface area contributed by atoms with Crippen LogP contribution in [-0.4, -0.2) is 17.1 Å². The molecule has 0 aliphatic rings. The van der Waals surface area contributed by atoms with Crippen LogP contribution in [0, 0.1) is 0 Å². The number of benzene rings is 1. The number of carboxylic acid groups (broad SMARTS) is 1. The molecule has 0 saturated carbocycles. The molecule has 0 fully saturated rings. The molecule has 0 saturated heterocycles. The molecular formula is C14H10N2O3S2. The number of nitrogens with one attached hydrogen (secondary N) is 2. The maximum absolute atomic E-state index is 11.9. The Morgan fingerprint density at radius 1 is 1.00 bits per heavy atom. The van der Waals surface area contributed by atoms with Gasteiger partial charge >= 0.3 is 12.0 Å². The number of aromatic carboxylic acids is 1. The Hall–Kier alpha value is -2.38. The molecule has 0 spiro atoms. The molecule has 2 amide bonds. The van der Waals surface area contributed by atoms with E-state index < -0.39 is 12.0 Å². The van der Waals surface area contributed by atoms with Crippen LogP contribution in [0.2, 0.25) is 0 Å². The van der Waals surface area contributed by atoms with Crippen molar-refractivity contribution in [3.05, 3.63) is 46.7 Å². The van der Waals surface area contributed by atoms with Crippen LogP contribution in [0.15, 0.2) is 41.1 Å². The molecule has 0 aliphatic heterocycles. The van der Waals surface area contributed by atoms with Gasteiger partial charge in [0.25, 0.3) is 0 Å². The molecule has 2 aromatic heterocycles. The van der Waals surface area contributed by atoms with Gasteiger partial charge in [-0.3, -0.25) is 5.32 Å². The largest absolute Gasteiger partial charge is 0.478 e. The van der Waals surface area contributed by atoms with E-state index in [1.54, 1.807) is 16.7 Å². The summed E-state index contributed by atoms with van der Waals surface area (Å²) in [5, 5.41) is 19.2. The van der Waals surface area contributed by atoms with Crippen molar-refractivity contribution in [1.29, 1.82) is 0 Å². The zero-order chi connectivity index (χ0) is 14.8. The second-order valence-corrected chi connectivity index (χ2v) is 6.08. The Morgan fingerprint density at radius 2 is 1.81 bits per heavy atom. The van der Waals surface area contributed by atoms with Gasteiger partial charge in [-0.25, -0.2) is 9.59 Å². The van der Waals surface area contributed by atoms with Crippen LogP contribution in [0.4, 0.5) is 15.5 Å². The SMILES string of the molecule is O=C(Nc1ccc2sccc2c1)Nc1sccc1C(=O)O. The molecule has 5 nitrogen and oxygen atoms in total. The summed E-state index contributed by atoms with van der Waals surface area (Å²) < 4.78 is 1.15. The fraction of sp³-hybridized carbons (Fsp3) is 0. The van der Waals surface area contributed by atoms with Crippen molar-refractivity contribution < 1.29 is 14.7 Å². The maximum atomic E-state index is 11.9. The quantitative estimate of drug-likeness (QED) is 0.673. The van der Waals surface area contributed by atoms with Gasteiger partial charge in [0.2, 0.25) is 0 Å². The number of anilines is 2. The molecule has 3 rings (SSSR count). The van der Waals surface area contributed by atoms with Gasteiger partial charge in [0.1, 0.15) is 5.00 Å². The smallest absolute Gasteiger partial charge is 0.338 e. The van der Waals surface area contributed by atoms with Gasteiger partial charge in [-0.15, -0.1) is 22.7 Å². The Bertz CT molecular complexity index is 822. The number of urea groups is 1. The van der Waals surface area contributed by atoms with E-state index in [9.17, 15) is 9.59 Å². The first-order chi connectivity index (χ1) is 10.1. The highest BCUT2D eigenvalue weighted by atomic mass is 32.1. The van der Waals surface area contributed by atoms with Crippen molar-refractivity contribution >= 4 is 55.4 Å². The van der Waals surface area contributed by atoms with E-state index in [4.69, 9.17) is 5.11 Å². The van der Waals surface area contributed by atoms with Gasteiger partial charge in [0.05, 0.1) is 5.56 Å². The average Bonchev–Trinajstić information content (AvgIpc) is 3.06. The number of amides is 2. The van der Waals surface area contributed by atoms with Gasteiger partial charge in [-0.2, -0.15) is 0 Å². The van der Waals surface area contributed by atoms with E-state index in [1.165, 1.54) is 17.4 Å². The Morgan fingerprint density at radius 3 is 2.62 bits per heavy atom. The molecule has 2 heterocycles. The Labute approximate surface area is 127 Å². The van der Waals surface area contributed by atoms with Gasteiger partial charge in [0.15, 0.2) is 0 Å². The third-order valence-corrected chi connectivity index (χ3v) is 4.56. The first-order valence-electron chi connectivity index (χ1n) is 5.99. The third-order valence-electron chi connectivity index (χ3n) is 2.83. The lowest BCUT2D eigenvalue weighted by atomic mass is 10.2. The van der Waals surface area contributed by atoms with Crippen LogP contribution in [0.5, 0.6) is 0 Å². The van der Waals surface area contributed by atoms with Crippen molar-refractivity contribution in [3.63, 3.8) is 0 Å². The molecule has 0 aliphatic carbocycles. The number of thiophene rings is 2. The van der Waals surface area contributed by atoms with Crippen LogP contribution < -0.4 is 10.6 Å². The summed E-state index contributed by atoms with van der Waals surface area (Å²) in [6, 6.07) is 8.59. The normalized spacial score (nSPS) is 10.5. The molecule has 3 aromatic rings. The lowest BCUT2D eigenvalue weighted by Gasteiger charge is -2.07. The first-order valence-corrected chi connectivity index (χ1v) is 7.75. The summed E-state index contributed by atoms with van der Waals surface area (Å²) in [7, 11) is 0. The van der Waals surface area contributed by atoms with E-state index >= 15 is 0 Å². The molecule has 0 atom stereocenters. The first kappa shape index (κ1) is 13.6. The molecular weight excluding hydrogens is 308 g/mol. The molecule has 21 heavy (non-hydrogen) atoms. The second kappa shape index (κ2) is 5.55. The van der Waals surface area contributed by atoms with Gasteiger partial charge < -0.3 is 10.4 Å². The fourth-order valence-corrected chi connectivity index (χ4v) is 3.43. The van der Waals surface area contributed by atoms with Crippen molar-refractivity contribution in [2.24, 2.45) is 0 Å². The highest BCUT2D eigenvalue weighted by molar-refractivity contribution is 7.17. The number of hydrogen-bond acceptors (Lipinski definition) is 4. The van der Waals surface area contributed by atoms with Crippen LogP contribution in [0.25, 0.3) is 10.1 Å². The average molecular weight is 318 g/mol. The molecule has 7 heteroatoms. The third kappa shape index (κ3) is 2.88. The number of rotatable bonds is 3. The molecule has 0 radical (unpaired) electrons. The van der Waals surface area contributed by atoms with E-state index in [2.05, 4.69) is 10.6 Å². The second-order valence-electron chi connectivity index (χ2n) is 4.22. The van der Waals surface area contributed by atoms with Gasteiger partial charge in [-0.1, -0.05) is 0 Å². The predicted molar refractivity (Wildman–Crippen MR) is 85.7 cm³/mol. The summed E-state index contributed by atoms with van der Waals surface area (Å²) in [5.41, 5.74) is 0.746. The van der Waals surface area contributed by atoms with Crippen molar-refractivity contribution in [3.8, 4) is 0 Å². The standard InChI is InChI=1S/C14H10N2O3S2/c17-13(18)10-4-6-21-12(10)16-14(19)15-9-1-2-11-8(7-9)3-5-20-11/h1-7H,(H,17,18)(H2,15,16,19). The van der Waals surface area contributed by atoms with Crippen LogP contribution in [-0.2, 0) is 0 Å². The summed E-state index contributed by atoms with van der Waals surface area (Å²) in [6.07, 6.45) is 0. The fourth-order valence-electron chi connectivity index (χ4n) is 1.88. The number of carbonyl (C=O) groups excluding carboxylic acids is 1.